The van der Waals surface area contributed by atoms with Gasteiger partial charge in [0, 0.05) is 30.0 Å². The number of nitrogens with zero attached hydrogens (tertiary/aromatic N) is 3. The Hall–Kier alpha value is -1.75. The zero-order valence-corrected chi connectivity index (χ0v) is 10.8. The van der Waals surface area contributed by atoms with Crippen molar-refractivity contribution in [2.24, 2.45) is 0 Å². The van der Waals surface area contributed by atoms with E-state index in [2.05, 4.69) is 36.2 Å². The molecule has 0 aromatic carbocycles. The number of hydrogen-bond donors (Lipinski definition) is 1. The predicted molar refractivity (Wildman–Crippen MR) is 67.9 cm³/mol. The molecule has 0 spiro atoms. The summed E-state index contributed by atoms with van der Waals surface area (Å²) in [7, 11) is 0. The van der Waals surface area contributed by atoms with Gasteiger partial charge in [-0.3, -0.25) is 0 Å². The molecule has 2 heterocycles. The minimum atomic E-state index is -0.336. The summed E-state index contributed by atoms with van der Waals surface area (Å²) in [4.78, 5) is 4.11. The van der Waals surface area contributed by atoms with Crippen molar-refractivity contribution in [1.82, 2.24) is 20.1 Å². The van der Waals surface area contributed by atoms with Gasteiger partial charge in [-0.2, -0.15) is 5.10 Å². The van der Waals surface area contributed by atoms with Gasteiger partial charge in [-0.05, 0) is 32.9 Å². The van der Waals surface area contributed by atoms with Crippen molar-refractivity contribution >= 4 is 0 Å². The molecule has 4 nitrogen and oxygen atoms in total. The maximum absolute atomic E-state index is 13.3. The summed E-state index contributed by atoms with van der Waals surface area (Å²) in [5.41, 5.74) is 0.752. The summed E-state index contributed by atoms with van der Waals surface area (Å²) in [5.74, 6) is 0.315. The van der Waals surface area contributed by atoms with Gasteiger partial charge in [0.2, 0.25) is 0 Å². The second kappa shape index (κ2) is 4.86. The Morgan fingerprint density at radius 2 is 2.17 bits per heavy atom. The van der Waals surface area contributed by atoms with Crippen molar-refractivity contribution in [2.45, 2.75) is 32.9 Å². The molecule has 96 valence electrons. The van der Waals surface area contributed by atoms with Gasteiger partial charge in [-0.1, -0.05) is 0 Å². The highest BCUT2D eigenvalue weighted by atomic mass is 19.1. The summed E-state index contributed by atoms with van der Waals surface area (Å²) in [6.07, 6.45) is 4.67. The van der Waals surface area contributed by atoms with Crippen LogP contribution in [0, 0.1) is 5.82 Å². The lowest BCUT2D eigenvalue weighted by atomic mass is 10.1. The van der Waals surface area contributed by atoms with Crippen LogP contribution in [0.3, 0.4) is 0 Å². The monoisotopic (exact) mass is 248 g/mol. The number of nitrogens with one attached hydrogen (secondary N) is 1. The van der Waals surface area contributed by atoms with Crippen molar-refractivity contribution in [3.8, 4) is 5.82 Å². The molecule has 0 aliphatic heterocycles. The van der Waals surface area contributed by atoms with E-state index in [0.717, 1.165) is 5.56 Å². The maximum atomic E-state index is 13.3. The van der Waals surface area contributed by atoms with Crippen LogP contribution in [0.1, 0.15) is 26.3 Å². The first-order chi connectivity index (χ1) is 8.46. The molecule has 0 saturated heterocycles. The summed E-state index contributed by atoms with van der Waals surface area (Å²) in [6.45, 7) is 6.73. The van der Waals surface area contributed by atoms with Gasteiger partial charge in [-0.25, -0.2) is 14.1 Å². The lowest BCUT2D eigenvalue weighted by Gasteiger charge is -2.21. The molecule has 0 amide bonds. The standard InChI is InChI=1S/C13H17FN4/c1-13(2,3)16-8-10-7-11(14)9-15-12(10)18-6-4-5-17-18/h4-7,9,16H,8H2,1-3H3. The molecule has 18 heavy (non-hydrogen) atoms. The van der Waals surface area contributed by atoms with Crippen LogP contribution >= 0.6 is 0 Å². The predicted octanol–water partition coefficient (Wildman–Crippen LogP) is 2.29. The Kier molecular flexibility index (Phi) is 3.43. The zero-order valence-electron chi connectivity index (χ0n) is 10.8. The smallest absolute Gasteiger partial charge is 0.157 e. The van der Waals surface area contributed by atoms with Gasteiger partial charge in [-0.15, -0.1) is 0 Å². The van der Waals surface area contributed by atoms with Gasteiger partial charge in [0.25, 0.3) is 0 Å². The molecule has 1 N–H and O–H groups in total. The second-order valence-corrected chi connectivity index (χ2v) is 5.19. The Bertz CT molecular complexity index is 514. The number of hydrogen-bond acceptors (Lipinski definition) is 3. The summed E-state index contributed by atoms with van der Waals surface area (Å²) < 4.78 is 14.9. The number of rotatable bonds is 3. The molecule has 0 fully saturated rings. The van der Waals surface area contributed by atoms with E-state index in [1.807, 2.05) is 6.07 Å². The molecule has 0 atom stereocenters. The van der Waals surface area contributed by atoms with Gasteiger partial charge < -0.3 is 5.32 Å². The van der Waals surface area contributed by atoms with Crippen molar-refractivity contribution in [2.75, 3.05) is 0 Å². The number of pyridine rings is 1. The van der Waals surface area contributed by atoms with E-state index < -0.39 is 0 Å². The second-order valence-electron chi connectivity index (χ2n) is 5.19. The molecule has 2 aromatic rings. The SMILES string of the molecule is CC(C)(C)NCc1cc(F)cnc1-n1cccn1. The van der Waals surface area contributed by atoms with Crippen LogP contribution < -0.4 is 5.32 Å². The molecular formula is C13H17FN4. The minimum absolute atomic E-state index is 0.0340. The zero-order chi connectivity index (χ0) is 13.2. The van der Waals surface area contributed by atoms with Crippen LogP contribution in [0.4, 0.5) is 4.39 Å². The first-order valence-electron chi connectivity index (χ1n) is 5.85. The lowest BCUT2D eigenvalue weighted by molar-refractivity contribution is 0.422. The largest absolute Gasteiger partial charge is 0.308 e. The van der Waals surface area contributed by atoms with Gasteiger partial charge in [0.1, 0.15) is 5.82 Å². The summed E-state index contributed by atoms with van der Waals surface area (Å²) in [5, 5.41) is 7.45. The molecular weight excluding hydrogens is 231 g/mol. The molecule has 0 bridgehead atoms. The highest BCUT2D eigenvalue weighted by molar-refractivity contribution is 5.33. The van der Waals surface area contributed by atoms with Crippen LogP contribution in [0.25, 0.3) is 5.82 Å². The van der Waals surface area contributed by atoms with Gasteiger partial charge in [0.05, 0.1) is 6.20 Å². The van der Waals surface area contributed by atoms with Crippen LogP contribution in [-0.4, -0.2) is 20.3 Å². The van der Waals surface area contributed by atoms with Crippen molar-refractivity contribution in [1.29, 1.82) is 0 Å². The normalized spacial score (nSPS) is 11.8. The van der Waals surface area contributed by atoms with E-state index in [9.17, 15) is 4.39 Å². The molecule has 2 rings (SSSR count). The van der Waals surface area contributed by atoms with Crippen LogP contribution in [0.2, 0.25) is 0 Å². The highest BCUT2D eigenvalue weighted by Crippen LogP contribution is 2.13. The quantitative estimate of drug-likeness (QED) is 0.906. The number of aromatic nitrogens is 3. The van der Waals surface area contributed by atoms with Crippen LogP contribution in [0.5, 0.6) is 0 Å². The Morgan fingerprint density at radius 1 is 1.39 bits per heavy atom. The van der Waals surface area contributed by atoms with Crippen molar-refractivity contribution < 1.29 is 4.39 Å². The van der Waals surface area contributed by atoms with E-state index in [4.69, 9.17) is 0 Å². The van der Waals surface area contributed by atoms with E-state index >= 15 is 0 Å². The first-order valence-corrected chi connectivity index (χ1v) is 5.85. The minimum Gasteiger partial charge on any atom is -0.308 e. The van der Waals surface area contributed by atoms with Gasteiger partial charge in [0.15, 0.2) is 5.82 Å². The third-order valence-electron chi connectivity index (χ3n) is 2.44. The van der Waals surface area contributed by atoms with Crippen molar-refractivity contribution in [3.05, 3.63) is 42.1 Å². The molecule has 0 aliphatic carbocycles. The fourth-order valence-electron chi connectivity index (χ4n) is 1.56. The average Bonchev–Trinajstić information content (AvgIpc) is 2.79. The van der Waals surface area contributed by atoms with Gasteiger partial charge >= 0.3 is 0 Å². The fourth-order valence-corrected chi connectivity index (χ4v) is 1.56. The Balaban J connectivity index is 2.30. The van der Waals surface area contributed by atoms with E-state index in [-0.39, 0.29) is 11.4 Å². The molecule has 0 unspecified atom stereocenters. The first kappa shape index (κ1) is 12.7. The van der Waals surface area contributed by atoms with E-state index in [0.29, 0.717) is 12.4 Å². The lowest BCUT2D eigenvalue weighted by Crippen LogP contribution is -2.35. The molecule has 0 aliphatic rings. The van der Waals surface area contributed by atoms with E-state index in [1.54, 1.807) is 17.1 Å². The molecule has 0 radical (unpaired) electrons. The van der Waals surface area contributed by atoms with Crippen LogP contribution in [-0.2, 0) is 6.54 Å². The molecule has 5 heteroatoms. The Labute approximate surface area is 106 Å². The highest BCUT2D eigenvalue weighted by Gasteiger charge is 2.13. The topological polar surface area (TPSA) is 42.7 Å². The fraction of sp³-hybridized carbons (Fsp3) is 0.385. The summed E-state index contributed by atoms with van der Waals surface area (Å²) >= 11 is 0. The third kappa shape index (κ3) is 3.13. The van der Waals surface area contributed by atoms with Crippen molar-refractivity contribution in [3.63, 3.8) is 0 Å². The van der Waals surface area contributed by atoms with Crippen LogP contribution in [0.15, 0.2) is 30.7 Å². The Morgan fingerprint density at radius 3 is 2.78 bits per heavy atom. The molecule has 2 aromatic heterocycles. The average molecular weight is 248 g/mol. The summed E-state index contributed by atoms with van der Waals surface area (Å²) in [6, 6.07) is 3.30. The van der Waals surface area contributed by atoms with E-state index in [1.165, 1.54) is 12.3 Å². The number of halogens is 1. The third-order valence-corrected chi connectivity index (χ3v) is 2.44. The molecule has 0 saturated carbocycles. The maximum Gasteiger partial charge on any atom is 0.157 e.